The molecular weight excluding hydrogens is 526 g/mol. The Morgan fingerprint density at radius 3 is 2.22 bits per heavy atom. The largest absolute Gasteiger partial charge is 0.479 e. The summed E-state index contributed by atoms with van der Waals surface area (Å²) in [6.07, 6.45) is 1.68. The number of carboxylic acids is 1. The predicted octanol–water partition coefficient (Wildman–Crippen LogP) is 3.46. The fourth-order valence-electron chi connectivity index (χ4n) is 5.23. The smallest absolute Gasteiger partial charge is 0.411 e. The molecule has 3 rings (SSSR count). The second-order valence-electron chi connectivity index (χ2n) is 10.2. The van der Waals surface area contributed by atoms with Crippen LogP contribution in [-0.4, -0.2) is 71.1 Å². The molecule has 1 fully saturated rings. The Labute approximate surface area is 241 Å². The number of amides is 1. The summed E-state index contributed by atoms with van der Waals surface area (Å²) in [5, 5.41) is 13.6. The van der Waals surface area contributed by atoms with E-state index in [2.05, 4.69) is 5.32 Å². The molecule has 1 aliphatic rings. The summed E-state index contributed by atoms with van der Waals surface area (Å²) < 4.78 is 10.7. The van der Waals surface area contributed by atoms with Crippen LogP contribution in [0.25, 0.3) is 0 Å². The molecule has 4 N–H and O–H groups in total. The van der Waals surface area contributed by atoms with E-state index in [1.165, 1.54) is 0 Å². The van der Waals surface area contributed by atoms with Gasteiger partial charge >= 0.3 is 18.0 Å². The lowest BCUT2D eigenvalue weighted by molar-refractivity contribution is -0.156. The summed E-state index contributed by atoms with van der Waals surface area (Å²) in [6.45, 7) is 2.28. The number of nitrogens with zero attached hydrogens (tertiary/aromatic N) is 1. The van der Waals surface area contributed by atoms with Gasteiger partial charge in [-0.2, -0.15) is 0 Å². The lowest BCUT2D eigenvalue weighted by Gasteiger charge is -2.36. The summed E-state index contributed by atoms with van der Waals surface area (Å²) in [5.74, 6) is -2.61. The van der Waals surface area contributed by atoms with Gasteiger partial charge < -0.3 is 20.3 Å². The molecule has 1 amide bonds. The van der Waals surface area contributed by atoms with E-state index in [0.29, 0.717) is 38.6 Å². The number of Topliss-reactive ketones (excluding diaryl/α,β-unsaturated/α-hetero) is 1. The molecule has 3 atom stereocenters. The number of benzene rings is 2. The number of carbonyl (C=O) groups excluding carboxylic acids is 3. The zero-order valence-corrected chi connectivity index (χ0v) is 23.6. The minimum atomic E-state index is -2.12. The molecule has 1 aliphatic heterocycles. The average Bonchev–Trinajstić information content (AvgIpc) is 3.45. The SMILES string of the molecule is CCOC(=O)C(CCc1ccccc1)N[C@@H](CCCCN)C(=O)[C@@]1(C(=O)O)CCCN1C(=O)OCc1ccccc1. The van der Waals surface area contributed by atoms with Gasteiger partial charge in [-0.3, -0.25) is 19.8 Å². The number of ether oxygens (including phenoxy) is 2. The lowest BCUT2D eigenvalue weighted by atomic mass is 9.84. The van der Waals surface area contributed by atoms with E-state index in [4.69, 9.17) is 15.2 Å². The number of aryl methyl sites for hydroxylation is 1. The highest BCUT2D eigenvalue weighted by atomic mass is 16.6. The maximum absolute atomic E-state index is 14.2. The van der Waals surface area contributed by atoms with Crippen LogP contribution in [0.3, 0.4) is 0 Å². The fraction of sp³-hybridized carbons (Fsp3) is 0.484. The number of rotatable bonds is 16. The van der Waals surface area contributed by atoms with Crippen molar-refractivity contribution in [2.24, 2.45) is 5.73 Å². The Hall–Kier alpha value is -3.76. The maximum atomic E-state index is 14.2. The summed E-state index contributed by atoms with van der Waals surface area (Å²) in [6, 6.07) is 16.8. The minimum absolute atomic E-state index is 0.0508. The summed E-state index contributed by atoms with van der Waals surface area (Å²) in [7, 11) is 0. The highest BCUT2D eigenvalue weighted by molar-refractivity contribution is 6.12. The van der Waals surface area contributed by atoms with Crippen molar-refractivity contribution in [1.29, 1.82) is 0 Å². The quantitative estimate of drug-likeness (QED) is 0.158. The summed E-state index contributed by atoms with van der Waals surface area (Å²) in [4.78, 5) is 54.2. The first-order valence-corrected chi connectivity index (χ1v) is 14.3. The van der Waals surface area contributed by atoms with E-state index >= 15 is 0 Å². The van der Waals surface area contributed by atoms with E-state index in [1.54, 1.807) is 31.2 Å². The summed E-state index contributed by atoms with van der Waals surface area (Å²) >= 11 is 0. The van der Waals surface area contributed by atoms with Gasteiger partial charge in [0.2, 0.25) is 5.54 Å². The molecule has 0 spiro atoms. The van der Waals surface area contributed by atoms with E-state index in [0.717, 1.165) is 16.0 Å². The molecule has 2 aromatic carbocycles. The highest BCUT2D eigenvalue weighted by Crippen LogP contribution is 2.34. The standard InChI is InChI=1S/C31H41N3O7/c1-2-40-28(36)26(18-17-23-12-5-3-6-13-23)33-25(16-9-10-20-32)27(35)31(29(37)38)19-11-21-34(31)30(39)41-22-24-14-7-4-8-15-24/h3-8,12-15,25-26,33H,2,9-11,16-22,32H2,1H3,(H,37,38)/t25-,26?,31+/m0/s1. The Morgan fingerprint density at radius 2 is 1.61 bits per heavy atom. The van der Waals surface area contributed by atoms with Gasteiger partial charge in [0.15, 0.2) is 5.78 Å². The first-order valence-electron chi connectivity index (χ1n) is 14.3. The molecule has 0 aromatic heterocycles. The van der Waals surface area contributed by atoms with Crippen molar-refractivity contribution in [3.8, 4) is 0 Å². The number of likely N-dealkylation sites (tertiary alicyclic amines) is 1. The Bertz CT molecular complexity index is 1140. The van der Waals surface area contributed by atoms with E-state index in [9.17, 15) is 24.3 Å². The number of nitrogens with one attached hydrogen (secondary N) is 1. The van der Waals surface area contributed by atoms with Crippen LogP contribution in [0.4, 0.5) is 4.79 Å². The minimum Gasteiger partial charge on any atom is -0.479 e. The number of hydrogen-bond donors (Lipinski definition) is 3. The van der Waals surface area contributed by atoms with E-state index < -0.39 is 41.4 Å². The van der Waals surface area contributed by atoms with Gasteiger partial charge in [-0.25, -0.2) is 9.59 Å². The predicted molar refractivity (Wildman–Crippen MR) is 153 cm³/mol. The van der Waals surface area contributed by atoms with Crippen LogP contribution in [0.5, 0.6) is 0 Å². The highest BCUT2D eigenvalue weighted by Gasteiger charge is 2.58. The molecule has 41 heavy (non-hydrogen) atoms. The first-order chi connectivity index (χ1) is 19.8. The van der Waals surface area contributed by atoms with Crippen LogP contribution in [0, 0.1) is 0 Å². The fourth-order valence-corrected chi connectivity index (χ4v) is 5.23. The van der Waals surface area contributed by atoms with Gasteiger partial charge in [-0.05, 0) is 63.1 Å². The molecule has 10 heteroatoms. The van der Waals surface area contributed by atoms with E-state index in [-0.39, 0.29) is 32.6 Å². The monoisotopic (exact) mass is 567 g/mol. The molecule has 1 saturated heterocycles. The van der Waals surface area contributed by atoms with Gasteiger partial charge in [0.05, 0.1) is 12.6 Å². The molecule has 0 aliphatic carbocycles. The number of unbranched alkanes of at least 4 members (excludes halogenated alkanes) is 1. The zero-order chi connectivity index (χ0) is 29.7. The van der Waals surface area contributed by atoms with Crippen molar-refractivity contribution in [1.82, 2.24) is 10.2 Å². The normalized spacial score (nSPS) is 18.0. The van der Waals surface area contributed by atoms with Crippen LogP contribution in [-0.2, 0) is 36.9 Å². The number of nitrogens with two attached hydrogens (primary N) is 1. The molecule has 10 nitrogen and oxygen atoms in total. The first kappa shape index (κ1) is 31.8. The number of esters is 1. The molecule has 1 heterocycles. The van der Waals surface area contributed by atoms with E-state index in [1.807, 2.05) is 36.4 Å². The van der Waals surface area contributed by atoms with Crippen LogP contribution < -0.4 is 11.1 Å². The second kappa shape index (κ2) is 15.9. The third-order valence-corrected chi connectivity index (χ3v) is 7.37. The van der Waals surface area contributed by atoms with Gasteiger partial charge in [0.1, 0.15) is 12.6 Å². The molecule has 0 radical (unpaired) electrons. The number of carboxylic acid groups (broad SMARTS) is 1. The zero-order valence-electron chi connectivity index (χ0n) is 23.6. The maximum Gasteiger partial charge on any atom is 0.411 e. The van der Waals surface area contributed by atoms with Crippen molar-refractivity contribution >= 4 is 23.8 Å². The third kappa shape index (κ3) is 8.37. The van der Waals surface area contributed by atoms with Crippen LogP contribution >= 0.6 is 0 Å². The summed E-state index contributed by atoms with van der Waals surface area (Å²) in [5.41, 5.74) is 5.32. The molecular formula is C31H41N3O7. The number of aliphatic carboxylic acids is 1. The van der Waals surface area contributed by atoms with Gasteiger partial charge in [-0.15, -0.1) is 0 Å². The van der Waals surface area contributed by atoms with Crippen LogP contribution in [0.15, 0.2) is 60.7 Å². The van der Waals surface area contributed by atoms with Crippen LogP contribution in [0.1, 0.15) is 56.6 Å². The third-order valence-electron chi connectivity index (χ3n) is 7.37. The molecule has 222 valence electrons. The molecule has 2 aromatic rings. The van der Waals surface area contributed by atoms with Crippen molar-refractivity contribution in [2.75, 3.05) is 19.7 Å². The number of hydrogen-bond acceptors (Lipinski definition) is 8. The topological polar surface area (TPSA) is 148 Å². The molecule has 0 saturated carbocycles. The van der Waals surface area contributed by atoms with Crippen molar-refractivity contribution < 1.29 is 33.8 Å². The van der Waals surface area contributed by atoms with Gasteiger partial charge in [0.25, 0.3) is 0 Å². The lowest BCUT2D eigenvalue weighted by Crippen LogP contribution is -2.64. The average molecular weight is 568 g/mol. The van der Waals surface area contributed by atoms with Crippen LogP contribution in [0.2, 0.25) is 0 Å². The Balaban J connectivity index is 1.85. The molecule has 0 bridgehead atoms. The Kier molecular flexibility index (Phi) is 12.3. The van der Waals surface area contributed by atoms with Gasteiger partial charge in [-0.1, -0.05) is 67.1 Å². The van der Waals surface area contributed by atoms with Gasteiger partial charge in [0, 0.05) is 6.54 Å². The van der Waals surface area contributed by atoms with Crippen molar-refractivity contribution in [3.63, 3.8) is 0 Å². The Morgan fingerprint density at radius 1 is 0.951 bits per heavy atom. The number of ketones is 1. The van der Waals surface area contributed by atoms with Crippen molar-refractivity contribution in [3.05, 3.63) is 71.8 Å². The molecule has 1 unspecified atom stereocenters. The van der Waals surface area contributed by atoms with Crippen molar-refractivity contribution in [2.45, 2.75) is 76.1 Å². The number of carbonyl (C=O) groups is 4. The second-order valence-corrected chi connectivity index (χ2v) is 10.2.